The van der Waals surface area contributed by atoms with Gasteiger partial charge in [0.15, 0.2) is 5.17 Å². The van der Waals surface area contributed by atoms with E-state index in [0.717, 1.165) is 23.2 Å². The van der Waals surface area contributed by atoms with Gasteiger partial charge in [0.2, 0.25) is 11.8 Å². The second kappa shape index (κ2) is 9.80. The summed E-state index contributed by atoms with van der Waals surface area (Å²) < 4.78 is 5.28. The van der Waals surface area contributed by atoms with Crippen molar-refractivity contribution in [3.63, 3.8) is 0 Å². The van der Waals surface area contributed by atoms with Crippen LogP contribution in [-0.2, 0) is 9.59 Å². The van der Waals surface area contributed by atoms with Crippen LogP contribution in [0.1, 0.15) is 30.9 Å². The van der Waals surface area contributed by atoms with Crippen LogP contribution in [0, 0.1) is 13.8 Å². The summed E-state index contributed by atoms with van der Waals surface area (Å²) in [5.41, 5.74) is 3.61. The number of para-hydroxylation sites is 2. The van der Waals surface area contributed by atoms with Gasteiger partial charge in [-0.2, -0.15) is 0 Å². The second-order valence-corrected chi connectivity index (χ2v) is 8.40. The first-order valence-corrected chi connectivity index (χ1v) is 10.9. The van der Waals surface area contributed by atoms with Gasteiger partial charge in [-0.05, 0) is 49.6 Å². The number of hydrogen-bond donors (Lipinski definition) is 1. The summed E-state index contributed by atoms with van der Waals surface area (Å²) >= 11 is 1.36. The summed E-state index contributed by atoms with van der Waals surface area (Å²) in [6.07, 6.45) is 0.895. The van der Waals surface area contributed by atoms with Crippen molar-refractivity contribution in [2.75, 3.05) is 19.0 Å². The molecular formula is C23H27N3O3S. The monoisotopic (exact) mass is 425 g/mol. The van der Waals surface area contributed by atoms with Crippen molar-refractivity contribution in [2.24, 2.45) is 4.99 Å². The smallest absolute Gasteiger partial charge is 0.242 e. The minimum atomic E-state index is -0.491. The molecule has 3 rings (SSSR count). The van der Waals surface area contributed by atoms with Crippen molar-refractivity contribution in [3.05, 3.63) is 53.6 Å². The number of methoxy groups -OCH3 is 1. The lowest BCUT2D eigenvalue weighted by molar-refractivity contribution is -0.128. The first kappa shape index (κ1) is 21.9. The molecule has 2 aromatic carbocycles. The minimum Gasteiger partial charge on any atom is -0.495 e. The Balaban J connectivity index is 1.78. The number of ether oxygens (including phenoxy) is 1. The summed E-state index contributed by atoms with van der Waals surface area (Å²) in [4.78, 5) is 32.1. The Kier molecular flexibility index (Phi) is 7.15. The third-order valence-electron chi connectivity index (χ3n) is 4.80. The number of hydrogen-bond acceptors (Lipinski definition) is 5. The number of rotatable bonds is 7. The number of benzene rings is 2. The molecule has 1 saturated heterocycles. The molecule has 0 bridgehead atoms. The predicted molar refractivity (Wildman–Crippen MR) is 123 cm³/mol. The van der Waals surface area contributed by atoms with Crippen molar-refractivity contribution < 1.29 is 14.3 Å². The molecule has 0 radical (unpaired) electrons. The van der Waals surface area contributed by atoms with Gasteiger partial charge in [-0.3, -0.25) is 14.5 Å². The predicted octanol–water partition coefficient (Wildman–Crippen LogP) is 4.68. The molecule has 7 heteroatoms. The molecule has 0 spiro atoms. The van der Waals surface area contributed by atoms with Gasteiger partial charge in [-0.15, -0.1) is 0 Å². The van der Waals surface area contributed by atoms with Crippen LogP contribution >= 0.6 is 11.8 Å². The van der Waals surface area contributed by atoms with Crippen molar-refractivity contribution in [2.45, 2.75) is 38.9 Å². The average molecular weight is 426 g/mol. The van der Waals surface area contributed by atoms with Crippen LogP contribution in [-0.4, -0.2) is 40.8 Å². The first-order chi connectivity index (χ1) is 14.4. The quantitative estimate of drug-likeness (QED) is 0.699. The topological polar surface area (TPSA) is 71.0 Å². The van der Waals surface area contributed by atoms with Gasteiger partial charge in [0.05, 0.1) is 18.5 Å². The lowest BCUT2D eigenvalue weighted by Crippen LogP contribution is -2.34. The molecule has 1 aliphatic rings. The van der Waals surface area contributed by atoms with E-state index in [1.165, 1.54) is 11.8 Å². The van der Waals surface area contributed by atoms with E-state index in [4.69, 9.17) is 9.73 Å². The maximum atomic E-state index is 13.0. The maximum Gasteiger partial charge on any atom is 0.242 e. The van der Waals surface area contributed by atoms with Gasteiger partial charge in [-0.1, -0.05) is 43.0 Å². The summed E-state index contributed by atoms with van der Waals surface area (Å²) in [6, 6.07) is 13.3. The van der Waals surface area contributed by atoms with Crippen LogP contribution < -0.4 is 10.1 Å². The number of amidine groups is 1. The van der Waals surface area contributed by atoms with Gasteiger partial charge in [0, 0.05) is 13.0 Å². The normalized spacial score (nSPS) is 17.5. The van der Waals surface area contributed by atoms with Gasteiger partial charge in [0.25, 0.3) is 0 Å². The molecule has 1 N–H and O–H groups in total. The molecule has 1 aliphatic heterocycles. The zero-order valence-corrected chi connectivity index (χ0v) is 18.6. The number of aliphatic imine (C=N–C) groups is 1. The summed E-state index contributed by atoms with van der Waals surface area (Å²) in [7, 11) is 1.56. The van der Waals surface area contributed by atoms with Crippen LogP contribution in [0.15, 0.2) is 47.5 Å². The van der Waals surface area contributed by atoms with Gasteiger partial charge < -0.3 is 10.1 Å². The van der Waals surface area contributed by atoms with Gasteiger partial charge >= 0.3 is 0 Å². The van der Waals surface area contributed by atoms with E-state index in [-0.39, 0.29) is 18.2 Å². The van der Waals surface area contributed by atoms with Gasteiger partial charge in [-0.25, -0.2) is 4.99 Å². The lowest BCUT2D eigenvalue weighted by atomic mass is 10.1. The van der Waals surface area contributed by atoms with Gasteiger partial charge in [0.1, 0.15) is 11.0 Å². The Morgan fingerprint density at radius 1 is 1.23 bits per heavy atom. The van der Waals surface area contributed by atoms with E-state index < -0.39 is 5.25 Å². The number of amides is 2. The van der Waals surface area contributed by atoms with Crippen LogP contribution in [0.25, 0.3) is 0 Å². The van der Waals surface area contributed by atoms with Crippen LogP contribution in [0.5, 0.6) is 5.75 Å². The molecule has 1 fully saturated rings. The zero-order valence-electron chi connectivity index (χ0n) is 17.8. The lowest BCUT2D eigenvalue weighted by Gasteiger charge is -2.15. The van der Waals surface area contributed by atoms with Crippen LogP contribution in [0.2, 0.25) is 0 Å². The molecule has 6 nitrogen and oxygen atoms in total. The molecule has 1 heterocycles. The summed E-state index contributed by atoms with van der Waals surface area (Å²) in [5.74, 6) is 0.289. The molecular weight excluding hydrogens is 398 g/mol. The highest BCUT2D eigenvalue weighted by Crippen LogP contribution is 2.33. The molecule has 158 valence electrons. The molecule has 30 heavy (non-hydrogen) atoms. The fourth-order valence-corrected chi connectivity index (χ4v) is 4.39. The molecule has 0 aromatic heterocycles. The molecule has 1 atom stereocenters. The maximum absolute atomic E-state index is 13.0. The van der Waals surface area contributed by atoms with E-state index in [2.05, 4.69) is 5.32 Å². The number of nitrogens with zero attached hydrogens (tertiary/aromatic N) is 2. The fourth-order valence-electron chi connectivity index (χ4n) is 3.21. The zero-order chi connectivity index (χ0) is 21.7. The number of carbonyl (C=O) groups is 2. The Morgan fingerprint density at radius 2 is 2.00 bits per heavy atom. The molecule has 1 unspecified atom stereocenters. The van der Waals surface area contributed by atoms with Crippen molar-refractivity contribution >= 4 is 40.1 Å². The number of thioether (sulfide) groups is 1. The molecule has 0 aliphatic carbocycles. The van der Waals surface area contributed by atoms with E-state index in [9.17, 15) is 9.59 Å². The van der Waals surface area contributed by atoms with Crippen molar-refractivity contribution in [1.29, 1.82) is 0 Å². The second-order valence-electron chi connectivity index (χ2n) is 7.23. The SMILES string of the molecule is CCCN1C(=O)C(CC(=O)Nc2ccccc2OC)SC1=Nc1cc(C)ccc1C. The van der Waals surface area contributed by atoms with E-state index in [1.54, 1.807) is 24.1 Å². The minimum absolute atomic E-state index is 0.0684. The first-order valence-electron chi connectivity index (χ1n) is 9.99. The Labute approximate surface area is 181 Å². The Morgan fingerprint density at radius 3 is 2.73 bits per heavy atom. The number of nitrogens with one attached hydrogen (secondary N) is 1. The third-order valence-corrected chi connectivity index (χ3v) is 5.98. The summed E-state index contributed by atoms with van der Waals surface area (Å²) in [5, 5.41) is 3.02. The van der Waals surface area contributed by atoms with Crippen molar-refractivity contribution in [1.82, 2.24) is 4.90 Å². The Bertz CT molecular complexity index is 974. The fraction of sp³-hybridized carbons (Fsp3) is 0.348. The molecule has 0 saturated carbocycles. The number of aryl methyl sites for hydroxylation is 2. The number of carbonyl (C=O) groups excluding carboxylic acids is 2. The average Bonchev–Trinajstić information content (AvgIpc) is 3.00. The van der Waals surface area contributed by atoms with E-state index in [0.29, 0.717) is 23.1 Å². The molecule has 2 amide bonds. The number of anilines is 1. The van der Waals surface area contributed by atoms with Crippen molar-refractivity contribution in [3.8, 4) is 5.75 Å². The summed E-state index contributed by atoms with van der Waals surface area (Å²) in [6.45, 7) is 6.63. The largest absolute Gasteiger partial charge is 0.495 e. The highest BCUT2D eigenvalue weighted by molar-refractivity contribution is 8.15. The highest BCUT2D eigenvalue weighted by atomic mass is 32.2. The Hall–Kier alpha value is -2.80. The standard InChI is InChI=1S/C23H27N3O3S/c1-5-12-26-22(28)20(14-21(27)24-17-8-6-7-9-19(17)29-4)30-23(26)25-18-13-15(2)10-11-16(18)3/h6-11,13,20H,5,12,14H2,1-4H3,(H,24,27). The van der Waals surface area contributed by atoms with Crippen LogP contribution in [0.3, 0.4) is 0 Å². The highest BCUT2D eigenvalue weighted by Gasteiger charge is 2.38. The third kappa shape index (κ3) is 5.02. The van der Waals surface area contributed by atoms with E-state index >= 15 is 0 Å². The molecule has 2 aromatic rings. The van der Waals surface area contributed by atoms with E-state index in [1.807, 2.05) is 51.1 Å². The van der Waals surface area contributed by atoms with Crippen LogP contribution in [0.4, 0.5) is 11.4 Å².